The molecule has 0 aliphatic heterocycles. The summed E-state index contributed by atoms with van der Waals surface area (Å²) in [7, 11) is 0. The molecule has 0 unspecified atom stereocenters. The molecule has 1 N–H and O–H groups in total. The van der Waals surface area contributed by atoms with Crippen molar-refractivity contribution in [1.82, 2.24) is 4.98 Å². The van der Waals surface area contributed by atoms with Crippen LogP contribution in [0.25, 0.3) is 0 Å². The third kappa shape index (κ3) is 2.10. The van der Waals surface area contributed by atoms with Crippen molar-refractivity contribution in [2.45, 2.75) is 6.54 Å². The van der Waals surface area contributed by atoms with Crippen LogP contribution >= 0.6 is 0 Å². The van der Waals surface area contributed by atoms with Crippen molar-refractivity contribution in [2.24, 2.45) is 0 Å². The van der Waals surface area contributed by atoms with Gasteiger partial charge in [0.1, 0.15) is 17.4 Å². The van der Waals surface area contributed by atoms with E-state index >= 15 is 0 Å². The quantitative estimate of drug-likeness (QED) is 0.811. The molecule has 2 aromatic rings. The number of halogens is 1. The second kappa shape index (κ2) is 3.91. The Morgan fingerprint density at radius 1 is 1.36 bits per heavy atom. The van der Waals surface area contributed by atoms with Crippen molar-refractivity contribution < 1.29 is 8.81 Å². The summed E-state index contributed by atoms with van der Waals surface area (Å²) in [6, 6.07) is 6.61. The lowest BCUT2D eigenvalue weighted by Crippen LogP contribution is -1.99. The highest BCUT2D eigenvalue weighted by Gasteiger charge is 1.96. The fourth-order valence-corrected chi connectivity index (χ4v) is 1.07. The van der Waals surface area contributed by atoms with Gasteiger partial charge in [-0.25, -0.2) is 9.37 Å². The van der Waals surface area contributed by atoms with E-state index in [4.69, 9.17) is 4.42 Å². The van der Waals surface area contributed by atoms with Crippen LogP contribution in [0.1, 0.15) is 5.76 Å². The van der Waals surface area contributed by atoms with Crippen molar-refractivity contribution in [3.63, 3.8) is 0 Å². The van der Waals surface area contributed by atoms with Crippen LogP contribution in [-0.4, -0.2) is 4.98 Å². The first kappa shape index (κ1) is 8.74. The normalized spacial score (nSPS) is 10.1. The van der Waals surface area contributed by atoms with Gasteiger partial charge < -0.3 is 9.73 Å². The lowest BCUT2D eigenvalue weighted by molar-refractivity contribution is 0.517. The zero-order chi connectivity index (χ0) is 9.80. The third-order valence-electron chi connectivity index (χ3n) is 1.75. The largest absolute Gasteiger partial charge is 0.467 e. The van der Waals surface area contributed by atoms with Gasteiger partial charge in [-0.1, -0.05) is 0 Å². The van der Waals surface area contributed by atoms with Crippen LogP contribution in [0.3, 0.4) is 0 Å². The van der Waals surface area contributed by atoms with Gasteiger partial charge in [-0.15, -0.1) is 0 Å². The van der Waals surface area contributed by atoms with Gasteiger partial charge in [0.2, 0.25) is 0 Å². The lowest BCUT2D eigenvalue weighted by atomic mass is 10.4. The van der Waals surface area contributed by atoms with Crippen LogP contribution in [0.2, 0.25) is 0 Å². The number of hydrogen-bond acceptors (Lipinski definition) is 3. The van der Waals surface area contributed by atoms with Crippen molar-refractivity contribution in [3.8, 4) is 0 Å². The molecule has 0 fully saturated rings. The molecule has 3 nitrogen and oxygen atoms in total. The van der Waals surface area contributed by atoms with Crippen molar-refractivity contribution in [2.75, 3.05) is 5.32 Å². The van der Waals surface area contributed by atoms with Gasteiger partial charge in [0, 0.05) is 0 Å². The third-order valence-corrected chi connectivity index (χ3v) is 1.75. The zero-order valence-electron chi connectivity index (χ0n) is 7.40. The van der Waals surface area contributed by atoms with Gasteiger partial charge in [0.05, 0.1) is 19.0 Å². The van der Waals surface area contributed by atoms with Gasteiger partial charge in [0.15, 0.2) is 0 Å². The number of nitrogens with one attached hydrogen (secondary N) is 1. The summed E-state index contributed by atoms with van der Waals surface area (Å²) >= 11 is 0. The van der Waals surface area contributed by atoms with Crippen LogP contribution in [0.5, 0.6) is 0 Å². The lowest BCUT2D eigenvalue weighted by Gasteiger charge is -2.01. The Balaban J connectivity index is 1.95. The number of hydrogen-bond donors (Lipinski definition) is 1. The molecule has 0 aromatic carbocycles. The van der Waals surface area contributed by atoms with Crippen molar-refractivity contribution in [3.05, 3.63) is 48.3 Å². The Bertz CT molecular complexity index is 383. The molecule has 14 heavy (non-hydrogen) atoms. The number of furan rings is 1. The Hall–Kier alpha value is -1.84. The van der Waals surface area contributed by atoms with Crippen LogP contribution in [0, 0.1) is 5.82 Å². The summed E-state index contributed by atoms with van der Waals surface area (Å²) < 4.78 is 17.6. The van der Waals surface area contributed by atoms with E-state index < -0.39 is 0 Å². The highest BCUT2D eigenvalue weighted by molar-refractivity contribution is 5.33. The molecule has 72 valence electrons. The van der Waals surface area contributed by atoms with Crippen LogP contribution in [-0.2, 0) is 6.54 Å². The number of aromatic nitrogens is 1. The molecule has 2 rings (SSSR count). The molecule has 0 amide bonds. The van der Waals surface area contributed by atoms with Crippen LogP contribution < -0.4 is 5.32 Å². The first-order chi connectivity index (χ1) is 6.84. The van der Waals surface area contributed by atoms with E-state index in [-0.39, 0.29) is 5.82 Å². The Morgan fingerprint density at radius 2 is 2.29 bits per heavy atom. The molecule has 0 radical (unpaired) electrons. The second-order valence-corrected chi connectivity index (χ2v) is 2.79. The van der Waals surface area contributed by atoms with Gasteiger partial charge in [-0.05, 0) is 24.3 Å². The minimum Gasteiger partial charge on any atom is -0.467 e. The number of rotatable bonds is 3. The van der Waals surface area contributed by atoms with E-state index in [1.807, 2.05) is 12.1 Å². The predicted octanol–water partition coefficient (Wildman–Crippen LogP) is 2.43. The van der Waals surface area contributed by atoms with E-state index in [0.29, 0.717) is 12.4 Å². The zero-order valence-corrected chi connectivity index (χ0v) is 7.40. The van der Waals surface area contributed by atoms with Gasteiger partial charge in [0.25, 0.3) is 0 Å². The smallest absolute Gasteiger partial charge is 0.141 e. The first-order valence-electron chi connectivity index (χ1n) is 4.22. The highest BCUT2D eigenvalue weighted by atomic mass is 19.1. The average molecular weight is 192 g/mol. The molecule has 4 heteroatoms. The topological polar surface area (TPSA) is 38.1 Å². The maximum atomic E-state index is 12.5. The standard InChI is InChI=1S/C10H9FN2O/c11-8-3-4-10(12-6-8)13-7-9-2-1-5-14-9/h1-6H,7H2,(H,12,13). The van der Waals surface area contributed by atoms with E-state index in [2.05, 4.69) is 10.3 Å². The minimum absolute atomic E-state index is 0.339. The van der Waals surface area contributed by atoms with E-state index in [0.717, 1.165) is 5.76 Å². The molecule has 0 atom stereocenters. The summed E-state index contributed by atoms with van der Waals surface area (Å²) in [6.07, 6.45) is 2.78. The number of anilines is 1. The number of nitrogens with zero attached hydrogens (tertiary/aromatic N) is 1. The molecule has 0 aliphatic carbocycles. The fourth-order valence-electron chi connectivity index (χ4n) is 1.07. The van der Waals surface area contributed by atoms with Crippen molar-refractivity contribution >= 4 is 5.82 Å². The molecular formula is C10H9FN2O. The molecule has 0 saturated carbocycles. The molecule has 0 aliphatic rings. The summed E-state index contributed by atoms with van der Waals surface area (Å²) in [5.74, 6) is 1.10. The predicted molar refractivity (Wildman–Crippen MR) is 50.2 cm³/mol. The minimum atomic E-state index is -0.339. The molecular weight excluding hydrogens is 183 g/mol. The summed E-state index contributed by atoms with van der Waals surface area (Å²) in [4.78, 5) is 3.85. The van der Waals surface area contributed by atoms with E-state index in [1.54, 1.807) is 12.3 Å². The molecule has 2 aromatic heterocycles. The van der Waals surface area contributed by atoms with Gasteiger partial charge >= 0.3 is 0 Å². The maximum absolute atomic E-state index is 12.5. The van der Waals surface area contributed by atoms with E-state index in [1.165, 1.54) is 12.3 Å². The monoisotopic (exact) mass is 192 g/mol. The Labute approximate surface area is 80.6 Å². The van der Waals surface area contributed by atoms with Gasteiger partial charge in [-0.3, -0.25) is 0 Å². The highest BCUT2D eigenvalue weighted by Crippen LogP contribution is 2.06. The maximum Gasteiger partial charge on any atom is 0.141 e. The van der Waals surface area contributed by atoms with Crippen molar-refractivity contribution in [1.29, 1.82) is 0 Å². The second-order valence-electron chi connectivity index (χ2n) is 2.79. The van der Waals surface area contributed by atoms with Gasteiger partial charge in [-0.2, -0.15) is 0 Å². The summed E-state index contributed by atoms with van der Waals surface area (Å²) in [5, 5.41) is 3.00. The van der Waals surface area contributed by atoms with Crippen LogP contribution in [0.4, 0.5) is 10.2 Å². The first-order valence-corrected chi connectivity index (χ1v) is 4.22. The Kier molecular flexibility index (Phi) is 2.44. The fraction of sp³-hybridized carbons (Fsp3) is 0.100. The van der Waals surface area contributed by atoms with Crippen LogP contribution in [0.15, 0.2) is 41.1 Å². The summed E-state index contributed by atoms with van der Waals surface area (Å²) in [6.45, 7) is 0.547. The summed E-state index contributed by atoms with van der Waals surface area (Å²) in [5.41, 5.74) is 0. The molecule has 0 spiro atoms. The number of pyridine rings is 1. The molecule has 0 bridgehead atoms. The van der Waals surface area contributed by atoms with E-state index in [9.17, 15) is 4.39 Å². The molecule has 2 heterocycles. The Morgan fingerprint density at radius 3 is 2.93 bits per heavy atom. The molecule has 0 saturated heterocycles. The average Bonchev–Trinajstić information content (AvgIpc) is 2.70. The SMILES string of the molecule is Fc1ccc(NCc2ccco2)nc1.